The van der Waals surface area contributed by atoms with Crippen LogP contribution in [-0.4, -0.2) is 61.7 Å². The predicted molar refractivity (Wildman–Crippen MR) is 86.5 cm³/mol. The first-order valence-corrected chi connectivity index (χ1v) is 7.15. The van der Waals surface area contributed by atoms with Gasteiger partial charge in [-0.3, -0.25) is 19.7 Å². The van der Waals surface area contributed by atoms with Gasteiger partial charge in [-0.1, -0.05) is 6.92 Å². The molecule has 10 nitrogen and oxygen atoms in total. The summed E-state index contributed by atoms with van der Waals surface area (Å²) in [6, 6.07) is 1.17. The van der Waals surface area contributed by atoms with Crippen molar-refractivity contribution in [2.45, 2.75) is 6.92 Å². The number of carbonyl (C=O) groups is 2. The van der Waals surface area contributed by atoms with Crippen LogP contribution in [0.4, 0.5) is 5.69 Å². The van der Waals surface area contributed by atoms with Gasteiger partial charge in [0.05, 0.1) is 32.2 Å². The molecule has 0 aliphatic heterocycles. The van der Waals surface area contributed by atoms with Gasteiger partial charge in [0, 0.05) is 19.7 Å². The van der Waals surface area contributed by atoms with Crippen molar-refractivity contribution in [3.05, 3.63) is 21.7 Å². The van der Waals surface area contributed by atoms with Gasteiger partial charge in [0.2, 0.25) is 11.5 Å². The van der Waals surface area contributed by atoms with E-state index < -0.39 is 28.4 Å². The van der Waals surface area contributed by atoms with Crippen molar-refractivity contribution in [3.8, 4) is 17.2 Å². The number of nitro benzene ring substituents is 1. The number of ether oxygens (including phenoxy) is 3. The van der Waals surface area contributed by atoms with Crippen LogP contribution in [0.2, 0.25) is 0 Å². The topological polar surface area (TPSA) is 128 Å². The fourth-order valence-corrected chi connectivity index (χ4v) is 2.26. The number of amides is 1. The maximum Gasteiger partial charge on any atom is 0.327 e. The summed E-state index contributed by atoms with van der Waals surface area (Å²) < 4.78 is 15.2. The van der Waals surface area contributed by atoms with Crippen LogP contribution in [0.3, 0.4) is 0 Å². The van der Waals surface area contributed by atoms with E-state index in [9.17, 15) is 19.7 Å². The molecule has 1 aromatic carbocycles. The van der Waals surface area contributed by atoms with Gasteiger partial charge in [0.15, 0.2) is 5.75 Å². The monoisotopic (exact) mass is 356 g/mol. The van der Waals surface area contributed by atoms with Crippen LogP contribution in [-0.2, 0) is 4.79 Å². The third kappa shape index (κ3) is 4.08. The number of hydrogen-bond donors (Lipinski definition) is 1. The number of carboxylic acid groups (broad SMARTS) is 1. The van der Waals surface area contributed by atoms with Crippen molar-refractivity contribution in [1.29, 1.82) is 0 Å². The van der Waals surface area contributed by atoms with Gasteiger partial charge in [0.25, 0.3) is 5.91 Å². The second kappa shape index (κ2) is 8.18. The van der Waals surface area contributed by atoms with E-state index in [0.29, 0.717) is 0 Å². The summed E-state index contributed by atoms with van der Waals surface area (Å²) in [5, 5.41) is 20.4. The van der Waals surface area contributed by atoms with Gasteiger partial charge in [-0.15, -0.1) is 0 Å². The molecule has 0 radical (unpaired) electrons. The molecule has 25 heavy (non-hydrogen) atoms. The Labute approximate surface area is 144 Å². The van der Waals surface area contributed by atoms with Crippen molar-refractivity contribution in [2.24, 2.45) is 5.92 Å². The van der Waals surface area contributed by atoms with Crippen molar-refractivity contribution < 1.29 is 33.8 Å². The number of aliphatic carboxylic acids is 1. The van der Waals surface area contributed by atoms with E-state index in [2.05, 4.69) is 0 Å². The van der Waals surface area contributed by atoms with E-state index in [0.717, 1.165) is 4.90 Å². The molecule has 1 rings (SSSR count). The molecule has 1 unspecified atom stereocenters. The van der Waals surface area contributed by atoms with Crippen molar-refractivity contribution >= 4 is 17.6 Å². The minimum absolute atomic E-state index is 0.0187. The lowest BCUT2D eigenvalue weighted by Gasteiger charge is -2.21. The maximum absolute atomic E-state index is 12.6. The average Bonchev–Trinajstić information content (AvgIpc) is 2.58. The summed E-state index contributed by atoms with van der Waals surface area (Å²) >= 11 is 0. The quantitative estimate of drug-likeness (QED) is 0.547. The normalized spacial score (nSPS) is 11.4. The van der Waals surface area contributed by atoms with E-state index >= 15 is 0 Å². The van der Waals surface area contributed by atoms with Crippen LogP contribution >= 0.6 is 0 Å². The Morgan fingerprint density at radius 1 is 1.24 bits per heavy atom. The fraction of sp³-hybridized carbons (Fsp3) is 0.467. The van der Waals surface area contributed by atoms with E-state index in [1.54, 1.807) is 0 Å². The van der Waals surface area contributed by atoms with Crippen LogP contribution in [0.25, 0.3) is 0 Å². The number of methoxy groups -OCH3 is 3. The van der Waals surface area contributed by atoms with Crippen molar-refractivity contribution in [3.63, 3.8) is 0 Å². The zero-order chi connectivity index (χ0) is 19.3. The minimum Gasteiger partial charge on any atom is -0.493 e. The van der Waals surface area contributed by atoms with Gasteiger partial charge < -0.3 is 24.2 Å². The molecule has 1 aromatic rings. The number of nitrogens with zero attached hydrogens (tertiary/aromatic N) is 2. The van der Waals surface area contributed by atoms with Crippen LogP contribution in [0.5, 0.6) is 17.2 Å². The molecule has 1 N–H and O–H groups in total. The standard InChI is InChI=1S/C15H20N2O8/c1-8(15(19)20)7-16(2)14(18)9-6-10(23-3)12(24-4)13(25-5)11(9)17(21)22/h6,8H,7H2,1-5H3,(H,19,20). The fourth-order valence-electron chi connectivity index (χ4n) is 2.26. The largest absolute Gasteiger partial charge is 0.493 e. The highest BCUT2D eigenvalue weighted by Crippen LogP contribution is 2.46. The number of carbonyl (C=O) groups excluding carboxylic acids is 1. The second-order valence-corrected chi connectivity index (χ2v) is 5.22. The second-order valence-electron chi connectivity index (χ2n) is 5.22. The minimum atomic E-state index is -1.08. The molecule has 0 saturated heterocycles. The highest BCUT2D eigenvalue weighted by atomic mass is 16.6. The highest BCUT2D eigenvalue weighted by molar-refractivity contribution is 6.00. The van der Waals surface area contributed by atoms with Crippen LogP contribution in [0, 0.1) is 16.0 Å². The molecule has 138 valence electrons. The smallest absolute Gasteiger partial charge is 0.327 e. The molecule has 0 fully saturated rings. The first-order chi connectivity index (χ1) is 11.7. The highest BCUT2D eigenvalue weighted by Gasteiger charge is 2.34. The first-order valence-electron chi connectivity index (χ1n) is 7.15. The third-order valence-electron chi connectivity index (χ3n) is 3.53. The lowest BCUT2D eigenvalue weighted by molar-refractivity contribution is -0.386. The van der Waals surface area contributed by atoms with E-state index in [4.69, 9.17) is 19.3 Å². The maximum atomic E-state index is 12.6. The molecule has 1 amide bonds. The van der Waals surface area contributed by atoms with Gasteiger partial charge >= 0.3 is 11.7 Å². The van der Waals surface area contributed by atoms with Gasteiger partial charge in [-0.05, 0) is 0 Å². The number of nitro groups is 1. The van der Waals surface area contributed by atoms with E-state index in [1.807, 2.05) is 0 Å². The molecule has 0 bridgehead atoms. The average molecular weight is 356 g/mol. The summed E-state index contributed by atoms with van der Waals surface area (Å²) in [6.45, 7) is 1.30. The van der Waals surface area contributed by atoms with Crippen LogP contribution in [0.1, 0.15) is 17.3 Å². The lowest BCUT2D eigenvalue weighted by atomic mass is 10.1. The number of carboxylic acids is 1. The molecule has 0 saturated carbocycles. The molecule has 1 atom stereocenters. The molecule has 0 aliphatic carbocycles. The predicted octanol–water partition coefficient (Wildman–Crippen LogP) is 1.41. The first kappa shape index (κ1) is 20.0. The zero-order valence-electron chi connectivity index (χ0n) is 14.6. The molecule has 0 heterocycles. The Kier molecular flexibility index (Phi) is 6.54. The molecule has 0 aromatic heterocycles. The van der Waals surface area contributed by atoms with Gasteiger partial charge in [-0.25, -0.2) is 0 Å². The summed E-state index contributed by atoms with van der Waals surface area (Å²) in [5.74, 6) is -2.86. The summed E-state index contributed by atoms with van der Waals surface area (Å²) in [4.78, 5) is 35.4. The van der Waals surface area contributed by atoms with Crippen LogP contribution in [0.15, 0.2) is 6.07 Å². The van der Waals surface area contributed by atoms with Crippen molar-refractivity contribution in [1.82, 2.24) is 4.90 Å². The molecular weight excluding hydrogens is 336 g/mol. The Morgan fingerprint density at radius 2 is 1.80 bits per heavy atom. The molecule has 10 heteroatoms. The number of rotatable bonds is 8. The Bertz CT molecular complexity index is 689. The Hall–Kier alpha value is -3.04. The van der Waals surface area contributed by atoms with Gasteiger partial charge in [0.1, 0.15) is 5.56 Å². The molecular formula is C15H20N2O8. The van der Waals surface area contributed by atoms with Crippen molar-refractivity contribution in [2.75, 3.05) is 34.9 Å². The third-order valence-corrected chi connectivity index (χ3v) is 3.53. The van der Waals surface area contributed by atoms with Gasteiger partial charge in [-0.2, -0.15) is 0 Å². The molecule has 0 spiro atoms. The van der Waals surface area contributed by atoms with Crippen LogP contribution < -0.4 is 14.2 Å². The summed E-state index contributed by atoms with van der Waals surface area (Å²) in [6.07, 6.45) is 0. The summed E-state index contributed by atoms with van der Waals surface area (Å²) in [7, 11) is 5.16. The molecule has 0 aliphatic rings. The Morgan fingerprint density at radius 3 is 2.20 bits per heavy atom. The summed E-state index contributed by atoms with van der Waals surface area (Å²) in [5.41, 5.74) is -0.875. The Balaban J connectivity index is 3.49. The lowest BCUT2D eigenvalue weighted by Crippen LogP contribution is -2.34. The van der Waals surface area contributed by atoms with E-state index in [-0.39, 0.29) is 29.4 Å². The number of hydrogen-bond acceptors (Lipinski definition) is 7. The zero-order valence-corrected chi connectivity index (χ0v) is 14.6. The number of benzene rings is 1. The SMILES string of the molecule is COc1cc(C(=O)N(C)CC(C)C(=O)O)c([N+](=O)[O-])c(OC)c1OC. The van der Waals surface area contributed by atoms with E-state index in [1.165, 1.54) is 41.4 Å².